The molecule has 0 aromatic heterocycles. The van der Waals surface area contributed by atoms with E-state index < -0.39 is 30.1 Å². The Balaban J connectivity index is 1.49. The van der Waals surface area contributed by atoms with Gasteiger partial charge >= 0.3 is 0 Å². The number of hydrogen-bond donors (Lipinski definition) is 6. The predicted octanol–water partition coefficient (Wildman–Crippen LogP) is -1.27. The monoisotopic (exact) mass is 408 g/mol. The molecule has 150 valence electrons. The number of ether oxygens (including phenoxy) is 1. The highest BCUT2D eigenvalue weighted by Crippen LogP contribution is 2.46. The van der Waals surface area contributed by atoms with Crippen LogP contribution in [0.1, 0.15) is 26.2 Å². The summed E-state index contributed by atoms with van der Waals surface area (Å²) in [6.45, 7) is 2.97. The number of thioether (sulfide) groups is 1. The van der Waals surface area contributed by atoms with Crippen molar-refractivity contribution in [2.45, 2.75) is 78.6 Å². The first kappa shape index (κ1) is 19.6. The SMILES string of the molecule is C[C@@](O)(C1CCC(Cl)S1)[C@H]1O[C@@H](N2CCC3C(N)NCNC32)[C@H](O)[C@@H]1O. The Morgan fingerprint density at radius 3 is 2.69 bits per heavy atom. The number of nitrogens with two attached hydrogens (primary N) is 1. The van der Waals surface area contributed by atoms with Gasteiger partial charge in [-0.25, -0.2) is 0 Å². The Morgan fingerprint density at radius 1 is 1.23 bits per heavy atom. The predicted molar refractivity (Wildman–Crippen MR) is 99.3 cm³/mol. The second kappa shape index (κ2) is 7.29. The first-order chi connectivity index (χ1) is 12.3. The van der Waals surface area contributed by atoms with Gasteiger partial charge in [0.1, 0.15) is 30.1 Å². The molecule has 0 radical (unpaired) electrons. The molecule has 4 heterocycles. The minimum atomic E-state index is -1.28. The molecule has 0 aromatic rings. The van der Waals surface area contributed by atoms with Crippen molar-refractivity contribution in [1.29, 1.82) is 0 Å². The topological polar surface area (TPSA) is 123 Å². The van der Waals surface area contributed by atoms with Crippen molar-refractivity contribution in [3.8, 4) is 0 Å². The Hall–Kier alpha value is 0.320. The second-order valence-corrected chi connectivity index (χ2v) is 10.2. The molecule has 0 spiro atoms. The molecule has 4 rings (SSSR count). The highest BCUT2D eigenvalue weighted by molar-refractivity contribution is 8.02. The van der Waals surface area contributed by atoms with Gasteiger partial charge in [-0.2, -0.15) is 0 Å². The van der Waals surface area contributed by atoms with E-state index in [1.807, 2.05) is 4.90 Å². The quantitative estimate of drug-likeness (QED) is 0.317. The third-order valence-electron chi connectivity index (χ3n) is 6.35. The van der Waals surface area contributed by atoms with Gasteiger partial charge in [-0.05, 0) is 26.2 Å². The van der Waals surface area contributed by atoms with E-state index in [1.54, 1.807) is 6.92 Å². The van der Waals surface area contributed by atoms with Crippen LogP contribution in [0.15, 0.2) is 0 Å². The van der Waals surface area contributed by atoms with Gasteiger partial charge in [0.15, 0.2) is 0 Å². The van der Waals surface area contributed by atoms with Crippen molar-refractivity contribution in [2.24, 2.45) is 11.7 Å². The molecular formula is C16H29ClN4O4S. The normalized spacial score (nSPS) is 52.2. The van der Waals surface area contributed by atoms with Crippen molar-refractivity contribution >= 4 is 23.4 Å². The van der Waals surface area contributed by atoms with E-state index in [1.165, 1.54) is 11.8 Å². The molecule has 0 saturated carbocycles. The highest BCUT2D eigenvalue weighted by Gasteiger charge is 2.58. The summed E-state index contributed by atoms with van der Waals surface area (Å²) in [6.07, 6.45) is -1.46. The third kappa shape index (κ3) is 3.20. The fraction of sp³-hybridized carbons (Fsp3) is 1.00. The maximum absolute atomic E-state index is 11.1. The van der Waals surface area contributed by atoms with E-state index in [0.29, 0.717) is 13.2 Å². The van der Waals surface area contributed by atoms with E-state index in [2.05, 4.69) is 10.6 Å². The number of aliphatic hydroxyl groups excluding tert-OH is 2. The van der Waals surface area contributed by atoms with Crippen molar-refractivity contribution in [2.75, 3.05) is 13.2 Å². The Kier molecular flexibility index (Phi) is 5.50. The summed E-state index contributed by atoms with van der Waals surface area (Å²) in [4.78, 5) is 2.03. The number of rotatable bonds is 3. The second-order valence-electron chi connectivity index (χ2n) is 8.01. The number of nitrogens with one attached hydrogen (secondary N) is 2. The molecule has 4 aliphatic rings. The van der Waals surface area contributed by atoms with Crippen LogP contribution in [-0.2, 0) is 4.74 Å². The molecule has 0 aliphatic carbocycles. The molecular weight excluding hydrogens is 380 g/mol. The van der Waals surface area contributed by atoms with E-state index >= 15 is 0 Å². The summed E-state index contributed by atoms with van der Waals surface area (Å²) in [5.41, 5.74) is 4.87. The zero-order chi connectivity index (χ0) is 18.6. The summed E-state index contributed by atoms with van der Waals surface area (Å²) < 4.78 is 6.05. The number of nitrogens with zero attached hydrogens (tertiary/aromatic N) is 1. The number of aliphatic hydroxyl groups is 3. The summed E-state index contributed by atoms with van der Waals surface area (Å²) in [7, 11) is 0. The molecule has 10 atom stereocenters. The first-order valence-electron chi connectivity index (χ1n) is 9.32. The van der Waals surface area contributed by atoms with Crippen molar-refractivity contribution in [1.82, 2.24) is 15.5 Å². The van der Waals surface area contributed by atoms with Crippen LogP contribution in [-0.4, -0.2) is 85.9 Å². The lowest BCUT2D eigenvalue weighted by molar-refractivity contribution is -0.155. The lowest BCUT2D eigenvalue weighted by atomic mass is 9.88. The van der Waals surface area contributed by atoms with E-state index in [4.69, 9.17) is 22.1 Å². The van der Waals surface area contributed by atoms with Crippen LogP contribution in [0, 0.1) is 5.92 Å². The van der Waals surface area contributed by atoms with Crippen molar-refractivity contribution < 1.29 is 20.1 Å². The number of hydrogen-bond acceptors (Lipinski definition) is 9. The molecule has 0 bridgehead atoms. The van der Waals surface area contributed by atoms with Gasteiger partial charge < -0.3 is 25.8 Å². The fourth-order valence-corrected chi connectivity index (χ4v) is 6.64. The summed E-state index contributed by atoms with van der Waals surface area (Å²) in [5.74, 6) is 0.207. The maximum Gasteiger partial charge on any atom is 0.141 e. The number of fused-ring (bicyclic) bond motifs is 1. The first-order valence-corrected chi connectivity index (χ1v) is 10.7. The fourth-order valence-electron chi connectivity index (χ4n) is 4.83. The van der Waals surface area contributed by atoms with Gasteiger partial charge in [-0.1, -0.05) is 0 Å². The molecule has 4 aliphatic heterocycles. The van der Waals surface area contributed by atoms with E-state index in [-0.39, 0.29) is 28.2 Å². The molecule has 7 N–H and O–H groups in total. The third-order valence-corrected chi connectivity index (χ3v) is 8.45. The van der Waals surface area contributed by atoms with Gasteiger partial charge in [0.05, 0.1) is 17.0 Å². The van der Waals surface area contributed by atoms with Crippen LogP contribution in [0.2, 0.25) is 0 Å². The molecule has 4 fully saturated rings. The van der Waals surface area contributed by atoms with E-state index in [9.17, 15) is 15.3 Å². The van der Waals surface area contributed by atoms with Gasteiger partial charge in [-0.3, -0.25) is 15.5 Å². The summed E-state index contributed by atoms with van der Waals surface area (Å²) in [5, 5.41) is 38.8. The molecule has 0 amide bonds. The molecule has 5 unspecified atom stereocenters. The Bertz CT molecular complexity index is 532. The van der Waals surface area contributed by atoms with Gasteiger partial charge in [0, 0.05) is 24.4 Å². The Labute approximate surface area is 162 Å². The van der Waals surface area contributed by atoms with Gasteiger partial charge in [0.2, 0.25) is 0 Å². The summed E-state index contributed by atoms with van der Waals surface area (Å²) in [6, 6.07) is 0. The molecule has 26 heavy (non-hydrogen) atoms. The lowest BCUT2D eigenvalue weighted by Crippen LogP contribution is -2.64. The zero-order valence-corrected chi connectivity index (χ0v) is 16.4. The number of alkyl halides is 1. The largest absolute Gasteiger partial charge is 0.387 e. The van der Waals surface area contributed by atoms with E-state index in [0.717, 1.165) is 19.3 Å². The average Bonchev–Trinajstić information content (AvgIpc) is 3.28. The zero-order valence-electron chi connectivity index (χ0n) is 14.8. The molecule has 0 aromatic carbocycles. The molecule has 10 heteroatoms. The van der Waals surface area contributed by atoms with Crippen LogP contribution in [0.4, 0.5) is 0 Å². The summed E-state index contributed by atoms with van der Waals surface area (Å²) >= 11 is 7.68. The Morgan fingerprint density at radius 2 is 2.00 bits per heavy atom. The standard InChI is InChI=1S/C16H29ClN4O4S/c1-16(24,8-2-3-9(17)26-8)12-10(22)11(23)15(25-12)21-5-4-7-13(18)19-6-20-14(7)21/h7-15,19-20,22-24H,2-6,18H2,1H3/t7?,8?,9?,10-,11+,12-,13?,14?,15+,16+/m0/s1. The smallest absolute Gasteiger partial charge is 0.141 e. The van der Waals surface area contributed by atoms with Crippen LogP contribution in [0.5, 0.6) is 0 Å². The van der Waals surface area contributed by atoms with Crippen molar-refractivity contribution in [3.05, 3.63) is 0 Å². The molecule has 8 nitrogen and oxygen atoms in total. The minimum Gasteiger partial charge on any atom is -0.387 e. The lowest BCUT2D eigenvalue weighted by Gasteiger charge is -2.40. The maximum atomic E-state index is 11.1. The van der Waals surface area contributed by atoms with Crippen LogP contribution >= 0.6 is 23.4 Å². The average molecular weight is 409 g/mol. The number of halogens is 1. The van der Waals surface area contributed by atoms with Gasteiger partial charge in [0.25, 0.3) is 0 Å². The van der Waals surface area contributed by atoms with Crippen LogP contribution in [0.3, 0.4) is 0 Å². The highest BCUT2D eigenvalue weighted by atomic mass is 35.5. The van der Waals surface area contributed by atoms with Crippen molar-refractivity contribution in [3.63, 3.8) is 0 Å². The minimum absolute atomic E-state index is 0.0186. The van der Waals surface area contributed by atoms with Crippen LogP contribution < -0.4 is 16.4 Å². The molecule has 4 saturated heterocycles. The van der Waals surface area contributed by atoms with Crippen LogP contribution in [0.25, 0.3) is 0 Å². The number of likely N-dealkylation sites (tertiary alicyclic amines) is 1. The van der Waals surface area contributed by atoms with Gasteiger partial charge in [-0.15, -0.1) is 23.4 Å².